The Balaban J connectivity index is 1.32. The van der Waals surface area contributed by atoms with Crippen LogP contribution in [0.5, 0.6) is 0 Å². The number of carbonyl (C=O) groups excluding carboxylic acids is 1. The van der Waals surface area contributed by atoms with E-state index in [1.807, 2.05) is 42.5 Å². The first-order chi connectivity index (χ1) is 15.3. The van der Waals surface area contributed by atoms with Crippen LogP contribution in [0.1, 0.15) is 48.9 Å². The van der Waals surface area contributed by atoms with Gasteiger partial charge in [0.05, 0.1) is 5.52 Å². The Morgan fingerprint density at radius 2 is 1.58 bits per heavy atom. The first-order valence-corrected chi connectivity index (χ1v) is 11.6. The van der Waals surface area contributed by atoms with E-state index < -0.39 is 0 Å². The average molecular weight is 415 g/mol. The van der Waals surface area contributed by atoms with Gasteiger partial charge in [0.15, 0.2) is 0 Å². The lowest BCUT2D eigenvalue weighted by molar-refractivity contribution is 0.0588. The molecule has 3 heterocycles. The maximum Gasteiger partial charge on any atom is 0.254 e. The minimum Gasteiger partial charge on any atom is -0.356 e. The van der Waals surface area contributed by atoms with Gasteiger partial charge in [-0.3, -0.25) is 4.79 Å². The van der Waals surface area contributed by atoms with Crippen LogP contribution in [-0.4, -0.2) is 46.5 Å². The van der Waals surface area contributed by atoms with Gasteiger partial charge in [0.2, 0.25) is 0 Å². The van der Waals surface area contributed by atoms with Crippen molar-refractivity contribution in [2.45, 2.75) is 44.6 Å². The van der Waals surface area contributed by atoms with Gasteiger partial charge in [-0.2, -0.15) is 0 Å². The summed E-state index contributed by atoms with van der Waals surface area (Å²) in [6.07, 6.45) is 8.56. The van der Waals surface area contributed by atoms with E-state index in [4.69, 9.17) is 0 Å². The molecule has 2 saturated heterocycles. The van der Waals surface area contributed by atoms with Crippen LogP contribution in [0.15, 0.2) is 60.9 Å². The van der Waals surface area contributed by atoms with Crippen LogP contribution >= 0.6 is 0 Å². The molecule has 0 aliphatic carbocycles. The van der Waals surface area contributed by atoms with Crippen molar-refractivity contribution in [1.29, 1.82) is 0 Å². The van der Waals surface area contributed by atoms with Gasteiger partial charge in [0.25, 0.3) is 5.91 Å². The highest BCUT2D eigenvalue weighted by Crippen LogP contribution is 2.33. The number of carbonyl (C=O) groups is 1. The number of aromatic nitrogens is 2. The molecule has 5 nitrogen and oxygen atoms in total. The minimum atomic E-state index is 0.205. The standard InChI is InChI=1S/C26H30N4O/c31-26(21-9-3-1-4-10-21)30-16-8-2-5-13-24(30)20-14-17-29(18-15-20)25-22-11-6-7-12-23(22)27-19-28-25/h1,3-4,6-7,9-12,19-20,24H,2,5,8,13-18H2/t24-/m1/s1. The summed E-state index contributed by atoms with van der Waals surface area (Å²) in [5.41, 5.74) is 1.82. The molecule has 0 unspecified atom stereocenters. The highest BCUT2D eigenvalue weighted by molar-refractivity contribution is 5.94. The van der Waals surface area contributed by atoms with E-state index in [1.165, 1.54) is 12.8 Å². The largest absolute Gasteiger partial charge is 0.356 e. The predicted octanol–water partition coefficient (Wildman–Crippen LogP) is 4.93. The molecule has 0 N–H and O–H groups in total. The number of amides is 1. The van der Waals surface area contributed by atoms with Gasteiger partial charge in [-0.15, -0.1) is 0 Å². The maximum atomic E-state index is 13.3. The van der Waals surface area contributed by atoms with Crippen molar-refractivity contribution in [3.8, 4) is 0 Å². The molecule has 3 aromatic rings. The second kappa shape index (κ2) is 9.04. The Morgan fingerprint density at radius 1 is 0.806 bits per heavy atom. The second-order valence-corrected chi connectivity index (χ2v) is 8.82. The molecule has 1 amide bonds. The topological polar surface area (TPSA) is 49.3 Å². The molecule has 2 aromatic carbocycles. The van der Waals surface area contributed by atoms with Gasteiger partial charge in [0.1, 0.15) is 12.1 Å². The van der Waals surface area contributed by atoms with Crippen molar-refractivity contribution in [1.82, 2.24) is 14.9 Å². The molecule has 1 atom stereocenters. The van der Waals surface area contributed by atoms with Crippen molar-refractivity contribution in [3.63, 3.8) is 0 Å². The van der Waals surface area contributed by atoms with Gasteiger partial charge in [0, 0.05) is 36.6 Å². The molecule has 160 valence electrons. The first kappa shape index (κ1) is 20.0. The fourth-order valence-corrected chi connectivity index (χ4v) is 5.36. The van der Waals surface area contributed by atoms with Crippen molar-refractivity contribution in [2.75, 3.05) is 24.5 Å². The molecule has 0 bridgehead atoms. The fraction of sp³-hybridized carbons (Fsp3) is 0.423. The van der Waals surface area contributed by atoms with Gasteiger partial charge in [-0.05, 0) is 55.9 Å². The maximum absolute atomic E-state index is 13.3. The summed E-state index contributed by atoms with van der Waals surface area (Å²) >= 11 is 0. The Hall–Kier alpha value is -2.95. The molecule has 0 radical (unpaired) electrons. The molecule has 2 fully saturated rings. The third-order valence-electron chi connectivity index (χ3n) is 6.99. The van der Waals surface area contributed by atoms with Crippen LogP contribution in [-0.2, 0) is 0 Å². The Kier molecular flexibility index (Phi) is 5.83. The van der Waals surface area contributed by atoms with E-state index in [2.05, 4.69) is 31.9 Å². The number of likely N-dealkylation sites (tertiary alicyclic amines) is 1. The molecular weight excluding hydrogens is 384 g/mol. The third kappa shape index (κ3) is 4.14. The average Bonchev–Trinajstić information content (AvgIpc) is 3.10. The number of hydrogen-bond donors (Lipinski definition) is 0. The molecule has 1 aromatic heterocycles. The number of nitrogens with zero attached hydrogens (tertiary/aromatic N) is 4. The molecule has 0 saturated carbocycles. The van der Waals surface area contributed by atoms with E-state index >= 15 is 0 Å². The molecule has 0 spiro atoms. The molecular formula is C26H30N4O. The number of piperidine rings is 1. The van der Waals surface area contributed by atoms with Gasteiger partial charge >= 0.3 is 0 Å². The lowest BCUT2D eigenvalue weighted by Gasteiger charge is -2.41. The van der Waals surface area contributed by atoms with Crippen molar-refractivity contribution in [3.05, 3.63) is 66.5 Å². The van der Waals surface area contributed by atoms with E-state index in [0.717, 1.165) is 67.6 Å². The fourth-order valence-electron chi connectivity index (χ4n) is 5.36. The van der Waals surface area contributed by atoms with Crippen LogP contribution < -0.4 is 4.90 Å². The second-order valence-electron chi connectivity index (χ2n) is 8.82. The van der Waals surface area contributed by atoms with Crippen molar-refractivity contribution in [2.24, 2.45) is 5.92 Å². The summed E-state index contributed by atoms with van der Waals surface area (Å²) in [6, 6.07) is 18.4. The van der Waals surface area contributed by atoms with E-state index in [-0.39, 0.29) is 5.91 Å². The Bertz CT molecular complexity index is 1020. The molecule has 5 rings (SSSR count). The number of para-hydroxylation sites is 1. The summed E-state index contributed by atoms with van der Waals surface area (Å²) < 4.78 is 0. The zero-order chi connectivity index (χ0) is 21.0. The SMILES string of the molecule is O=C(c1ccccc1)N1CCCCC[C@@H]1C1CCN(c2ncnc3ccccc23)CC1. The van der Waals surface area contributed by atoms with E-state index in [9.17, 15) is 4.79 Å². The van der Waals surface area contributed by atoms with E-state index in [0.29, 0.717) is 12.0 Å². The zero-order valence-corrected chi connectivity index (χ0v) is 18.0. The lowest BCUT2D eigenvalue weighted by atomic mass is 9.85. The molecule has 2 aliphatic heterocycles. The molecule has 5 heteroatoms. The molecule has 31 heavy (non-hydrogen) atoms. The Morgan fingerprint density at radius 3 is 2.42 bits per heavy atom. The number of hydrogen-bond acceptors (Lipinski definition) is 4. The Labute approximate surface area is 184 Å². The summed E-state index contributed by atoms with van der Waals surface area (Å²) in [6.45, 7) is 2.85. The van der Waals surface area contributed by atoms with Gasteiger partial charge in [-0.1, -0.05) is 43.2 Å². The van der Waals surface area contributed by atoms with Crippen LogP contribution in [0.2, 0.25) is 0 Å². The predicted molar refractivity (Wildman–Crippen MR) is 124 cm³/mol. The normalized spacial score (nSPS) is 20.6. The van der Waals surface area contributed by atoms with Crippen LogP contribution in [0, 0.1) is 5.92 Å². The van der Waals surface area contributed by atoms with Crippen molar-refractivity contribution >= 4 is 22.6 Å². The smallest absolute Gasteiger partial charge is 0.254 e. The lowest BCUT2D eigenvalue weighted by Crippen LogP contribution is -2.48. The van der Waals surface area contributed by atoms with Crippen LogP contribution in [0.4, 0.5) is 5.82 Å². The number of benzene rings is 2. The van der Waals surface area contributed by atoms with Crippen molar-refractivity contribution < 1.29 is 4.79 Å². The number of rotatable bonds is 3. The number of fused-ring (bicyclic) bond motifs is 1. The van der Waals surface area contributed by atoms with Crippen LogP contribution in [0.25, 0.3) is 10.9 Å². The summed E-state index contributed by atoms with van der Waals surface area (Å²) in [5, 5.41) is 1.12. The quantitative estimate of drug-likeness (QED) is 0.610. The van der Waals surface area contributed by atoms with E-state index in [1.54, 1.807) is 6.33 Å². The zero-order valence-electron chi connectivity index (χ0n) is 18.0. The first-order valence-electron chi connectivity index (χ1n) is 11.6. The summed E-state index contributed by atoms with van der Waals surface area (Å²) in [7, 11) is 0. The monoisotopic (exact) mass is 414 g/mol. The summed E-state index contributed by atoms with van der Waals surface area (Å²) in [4.78, 5) is 27.0. The van der Waals surface area contributed by atoms with Gasteiger partial charge in [-0.25, -0.2) is 9.97 Å². The summed E-state index contributed by atoms with van der Waals surface area (Å²) in [5.74, 6) is 1.80. The third-order valence-corrected chi connectivity index (χ3v) is 6.99. The highest BCUT2D eigenvalue weighted by atomic mass is 16.2. The number of anilines is 1. The molecule has 2 aliphatic rings. The van der Waals surface area contributed by atoms with Crippen LogP contribution in [0.3, 0.4) is 0 Å². The van der Waals surface area contributed by atoms with Gasteiger partial charge < -0.3 is 9.80 Å². The minimum absolute atomic E-state index is 0.205. The highest BCUT2D eigenvalue weighted by Gasteiger charge is 2.34.